The standard InChI is InChI=1S/C21H28N4O2/c22-20(26)15-27-18-8-6-16(7-9-18)21-23-10-13-25(21)14-17-4-3-12-24-11-2-1-5-19(17)24/h6-10,13,17,19H,1-5,11-12,14-15H2,(H2,22,26)/t17-,19+/m0/s1. The highest BCUT2D eigenvalue weighted by Crippen LogP contribution is 2.33. The van der Waals surface area contributed by atoms with Crippen LogP contribution in [0.15, 0.2) is 36.7 Å². The summed E-state index contributed by atoms with van der Waals surface area (Å²) in [6.07, 6.45) is 10.6. The Morgan fingerprint density at radius 3 is 2.78 bits per heavy atom. The van der Waals surface area contributed by atoms with Gasteiger partial charge in [0.25, 0.3) is 5.91 Å². The smallest absolute Gasteiger partial charge is 0.255 e. The van der Waals surface area contributed by atoms with Crippen molar-refractivity contribution >= 4 is 5.91 Å². The largest absolute Gasteiger partial charge is 0.484 e. The molecule has 2 aromatic rings. The lowest BCUT2D eigenvalue weighted by molar-refractivity contribution is -0.119. The number of nitrogens with two attached hydrogens (primary N) is 1. The number of aromatic nitrogens is 2. The van der Waals surface area contributed by atoms with Crippen molar-refractivity contribution in [2.24, 2.45) is 11.7 Å². The van der Waals surface area contributed by atoms with Gasteiger partial charge in [0, 0.05) is 30.5 Å². The van der Waals surface area contributed by atoms with Crippen molar-refractivity contribution in [3.63, 3.8) is 0 Å². The number of fused-ring (bicyclic) bond motifs is 1. The number of hydrogen-bond acceptors (Lipinski definition) is 4. The maximum absolute atomic E-state index is 10.8. The second-order valence-corrected chi connectivity index (χ2v) is 7.68. The fraction of sp³-hybridized carbons (Fsp3) is 0.524. The molecular weight excluding hydrogens is 340 g/mol. The van der Waals surface area contributed by atoms with Crippen LogP contribution < -0.4 is 10.5 Å². The van der Waals surface area contributed by atoms with Gasteiger partial charge in [0.15, 0.2) is 6.61 Å². The number of carbonyl (C=O) groups excluding carboxylic acids is 1. The molecule has 2 saturated heterocycles. The Labute approximate surface area is 160 Å². The summed E-state index contributed by atoms with van der Waals surface area (Å²) in [6.45, 7) is 3.46. The van der Waals surface area contributed by atoms with E-state index < -0.39 is 5.91 Å². The van der Waals surface area contributed by atoms with E-state index in [1.165, 1.54) is 45.2 Å². The van der Waals surface area contributed by atoms with Crippen LogP contribution in [0.25, 0.3) is 11.4 Å². The highest BCUT2D eigenvalue weighted by Gasteiger charge is 2.33. The van der Waals surface area contributed by atoms with Crippen molar-refractivity contribution in [1.82, 2.24) is 14.5 Å². The van der Waals surface area contributed by atoms with Crippen molar-refractivity contribution in [1.29, 1.82) is 0 Å². The summed E-state index contributed by atoms with van der Waals surface area (Å²) in [6, 6.07) is 8.43. The quantitative estimate of drug-likeness (QED) is 0.851. The molecule has 0 saturated carbocycles. The topological polar surface area (TPSA) is 73.4 Å². The predicted molar refractivity (Wildman–Crippen MR) is 104 cm³/mol. The minimum absolute atomic E-state index is 0.104. The van der Waals surface area contributed by atoms with Crippen molar-refractivity contribution in [2.75, 3.05) is 19.7 Å². The van der Waals surface area contributed by atoms with Crippen LogP contribution in [0.5, 0.6) is 5.75 Å². The van der Waals surface area contributed by atoms with Crippen molar-refractivity contribution in [2.45, 2.75) is 44.7 Å². The Morgan fingerprint density at radius 1 is 1.15 bits per heavy atom. The molecule has 0 aliphatic carbocycles. The lowest BCUT2D eigenvalue weighted by Gasteiger charge is -2.44. The zero-order valence-electron chi connectivity index (χ0n) is 15.7. The first-order chi connectivity index (χ1) is 13.2. The number of rotatable bonds is 6. The second kappa shape index (κ2) is 8.13. The van der Waals surface area contributed by atoms with E-state index in [2.05, 4.69) is 20.6 Å². The summed E-state index contributed by atoms with van der Waals surface area (Å²) < 4.78 is 7.64. The molecule has 1 amide bonds. The van der Waals surface area contributed by atoms with E-state index in [1.54, 1.807) is 0 Å². The Bertz CT molecular complexity index is 769. The van der Waals surface area contributed by atoms with Crippen LogP contribution in [-0.2, 0) is 11.3 Å². The summed E-state index contributed by atoms with van der Waals surface area (Å²) in [5, 5.41) is 0. The van der Waals surface area contributed by atoms with Gasteiger partial charge in [-0.2, -0.15) is 0 Å². The first kappa shape index (κ1) is 18.0. The van der Waals surface area contributed by atoms with Crippen LogP contribution in [0.2, 0.25) is 0 Å². The average molecular weight is 368 g/mol. The Morgan fingerprint density at radius 2 is 1.96 bits per heavy atom. The number of piperidine rings is 2. The van der Waals surface area contributed by atoms with E-state index in [0.717, 1.165) is 24.0 Å². The van der Waals surface area contributed by atoms with Gasteiger partial charge in [0.1, 0.15) is 11.6 Å². The minimum atomic E-state index is -0.473. The number of ether oxygens (including phenoxy) is 1. The zero-order valence-corrected chi connectivity index (χ0v) is 15.7. The fourth-order valence-electron chi connectivity index (χ4n) is 4.61. The monoisotopic (exact) mass is 368 g/mol. The van der Waals surface area contributed by atoms with E-state index in [1.807, 2.05) is 30.5 Å². The molecule has 0 unspecified atom stereocenters. The lowest BCUT2D eigenvalue weighted by atomic mass is 9.83. The maximum Gasteiger partial charge on any atom is 0.255 e. The average Bonchev–Trinajstić information content (AvgIpc) is 3.15. The maximum atomic E-state index is 10.8. The van der Waals surface area contributed by atoms with Gasteiger partial charge in [0.2, 0.25) is 0 Å². The Balaban J connectivity index is 1.47. The van der Waals surface area contributed by atoms with E-state index in [0.29, 0.717) is 11.7 Å². The Hall–Kier alpha value is -2.34. The lowest BCUT2D eigenvalue weighted by Crippen LogP contribution is -2.49. The summed E-state index contributed by atoms with van der Waals surface area (Å²) in [5.74, 6) is 1.86. The van der Waals surface area contributed by atoms with Crippen LogP contribution in [0.1, 0.15) is 32.1 Å². The van der Waals surface area contributed by atoms with Crippen molar-refractivity contribution < 1.29 is 9.53 Å². The van der Waals surface area contributed by atoms with Crippen molar-refractivity contribution in [3.05, 3.63) is 36.7 Å². The highest BCUT2D eigenvalue weighted by molar-refractivity contribution is 5.75. The molecule has 0 radical (unpaired) electrons. The summed E-state index contributed by atoms with van der Waals surface area (Å²) in [4.78, 5) is 18.1. The molecule has 2 N–H and O–H groups in total. The Kier molecular flexibility index (Phi) is 5.43. The first-order valence-electron chi connectivity index (χ1n) is 9.97. The fourth-order valence-corrected chi connectivity index (χ4v) is 4.61. The van der Waals surface area contributed by atoms with E-state index in [-0.39, 0.29) is 6.61 Å². The van der Waals surface area contributed by atoms with Gasteiger partial charge in [-0.25, -0.2) is 4.98 Å². The molecule has 0 spiro atoms. The molecule has 3 heterocycles. The van der Waals surface area contributed by atoms with E-state index in [9.17, 15) is 4.79 Å². The summed E-state index contributed by atoms with van der Waals surface area (Å²) in [7, 11) is 0. The SMILES string of the molecule is NC(=O)COc1ccc(-c2nccn2C[C@@H]2CCCN3CCCC[C@H]23)cc1. The van der Waals surface area contributed by atoms with Crippen LogP contribution >= 0.6 is 0 Å². The molecule has 4 rings (SSSR count). The highest BCUT2D eigenvalue weighted by atomic mass is 16.5. The van der Waals surface area contributed by atoms with Gasteiger partial charge in [-0.1, -0.05) is 6.42 Å². The minimum Gasteiger partial charge on any atom is -0.484 e. The van der Waals surface area contributed by atoms with Crippen molar-refractivity contribution in [3.8, 4) is 17.1 Å². The molecule has 2 atom stereocenters. The van der Waals surface area contributed by atoms with Crippen LogP contribution in [0.3, 0.4) is 0 Å². The number of imidazole rings is 1. The van der Waals surface area contributed by atoms with Gasteiger partial charge in [-0.15, -0.1) is 0 Å². The predicted octanol–water partition coefficient (Wildman–Crippen LogP) is 2.68. The van der Waals surface area contributed by atoms with Gasteiger partial charge in [-0.05, 0) is 69.0 Å². The third-order valence-corrected chi connectivity index (χ3v) is 5.87. The van der Waals surface area contributed by atoms with Crippen LogP contribution in [0, 0.1) is 5.92 Å². The van der Waals surface area contributed by atoms with Gasteiger partial charge < -0.3 is 19.9 Å². The van der Waals surface area contributed by atoms with Gasteiger partial charge in [-0.3, -0.25) is 4.79 Å². The number of carbonyl (C=O) groups is 1. The number of hydrogen-bond donors (Lipinski definition) is 1. The van der Waals surface area contributed by atoms with Gasteiger partial charge in [0.05, 0.1) is 0 Å². The number of nitrogens with zero attached hydrogens (tertiary/aromatic N) is 3. The molecule has 2 aliphatic rings. The zero-order chi connectivity index (χ0) is 18.6. The molecule has 144 valence electrons. The third kappa shape index (κ3) is 4.16. The van der Waals surface area contributed by atoms with E-state index in [4.69, 9.17) is 10.5 Å². The molecule has 6 heteroatoms. The molecule has 1 aromatic heterocycles. The number of amides is 1. The number of primary amides is 1. The third-order valence-electron chi connectivity index (χ3n) is 5.87. The normalized spacial score (nSPS) is 23.0. The first-order valence-corrected chi connectivity index (χ1v) is 9.97. The van der Waals surface area contributed by atoms with Crippen LogP contribution in [0.4, 0.5) is 0 Å². The summed E-state index contributed by atoms with van der Waals surface area (Å²) >= 11 is 0. The summed E-state index contributed by atoms with van der Waals surface area (Å²) in [5.41, 5.74) is 6.18. The molecule has 6 nitrogen and oxygen atoms in total. The molecule has 27 heavy (non-hydrogen) atoms. The molecule has 0 bridgehead atoms. The van der Waals surface area contributed by atoms with E-state index >= 15 is 0 Å². The molecule has 1 aromatic carbocycles. The van der Waals surface area contributed by atoms with Gasteiger partial charge >= 0.3 is 0 Å². The molecule has 2 fully saturated rings. The molecule has 2 aliphatic heterocycles. The molecular formula is C21H28N4O2. The number of benzene rings is 1. The second-order valence-electron chi connectivity index (χ2n) is 7.68. The van der Waals surface area contributed by atoms with Crippen LogP contribution in [-0.4, -0.2) is 46.1 Å².